The Morgan fingerprint density at radius 2 is 1.84 bits per heavy atom. The molecule has 1 aliphatic heterocycles. The van der Waals surface area contributed by atoms with E-state index in [1.807, 2.05) is 19.1 Å². The summed E-state index contributed by atoms with van der Waals surface area (Å²) in [6.07, 6.45) is 0.503. The van der Waals surface area contributed by atoms with E-state index in [0.717, 1.165) is 11.1 Å². The van der Waals surface area contributed by atoms with Gasteiger partial charge in [-0.2, -0.15) is 0 Å². The van der Waals surface area contributed by atoms with Crippen LogP contribution in [0.3, 0.4) is 0 Å². The van der Waals surface area contributed by atoms with Crippen LogP contribution in [0.1, 0.15) is 24.5 Å². The summed E-state index contributed by atoms with van der Waals surface area (Å²) in [6, 6.07) is 3.92. The Bertz CT molecular complexity index is 489. The highest BCUT2D eigenvalue weighted by molar-refractivity contribution is 5.77. The van der Waals surface area contributed by atoms with Gasteiger partial charge in [0.15, 0.2) is 11.5 Å². The van der Waals surface area contributed by atoms with Gasteiger partial charge in [0.25, 0.3) is 0 Å². The maximum atomic E-state index is 11.5. The third-order valence-corrected chi connectivity index (χ3v) is 3.65. The molecule has 1 aromatic rings. The standard InChI is InChI=1S/C15H20O4/c1-10-5-13(17-3)14(18-4)6-12(10)15(7-11(2)16)8-19-9-15/h5-6H,7-9H2,1-4H3. The highest BCUT2D eigenvalue weighted by Crippen LogP contribution is 2.42. The molecule has 1 aliphatic rings. The van der Waals surface area contributed by atoms with Crippen LogP contribution >= 0.6 is 0 Å². The number of Topliss-reactive ketones (excluding diaryl/α,β-unsaturated/α-hetero) is 1. The Morgan fingerprint density at radius 1 is 1.26 bits per heavy atom. The van der Waals surface area contributed by atoms with Gasteiger partial charge in [-0.25, -0.2) is 0 Å². The smallest absolute Gasteiger partial charge is 0.161 e. The highest BCUT2D eigenvalue weighted by atomic mass is 16.5. The molecule has 1 fully saturated rings. The first-order chi connectivity index (χ1) is 9.02. The highest BCUT2D eigenvalue weighted by Gasteiger charge is 2.42. The van der Waals surface area contributed by atoms with Gasteiger partial charge in [-0.05, 0) is 37.1 Å². The van der Waals surface area contributed by atoms with E-state index in [1.54, 1.807) is 21.1 Å². The predicted molar refractivity (Wildman–Crippen MR) is 72.1 cm³/mol. The van der Waals surface area contributed by atoms with Crippen molar-refractivity contribution in [2.75, 3.05) is 27.4 Å². The molecule has 0 unspecified atom stereocenters. The Labute approximate surface area is 113 Å². The molecule has 0 radical (unpaired) electrons. The Kier molecular flexibility index (Phi) is 3.80. The second-order valence-electron chi connectivity index (χ2n) is 5.17. The topological polar surface area (TPSA) is 44.8 Å². The summed E-state index contributed by atoms with van der Waals surface area (Å²) < 4.78 is 16.0. The molecule has 1 aromatic carbocycles. The first-order valence-corrected chi connectivity index (χ1v) is 6.33. The number of benzene rings is 1. The largest absolute Gasteiger partial charge is 0.493 e. The first-order valence-electron chi connectivity index (χ1n) is 6.33. The molecule has 4 heteroatoms. The summed E-state index contributed by atoms with van der Waals surface area (Å²) in [5.74, 6) is 1.58. The molecule has 104 valence electrons. The SMILES string of the molecule is COc1cc(C)c(C2(CC(C)=O)COC2)cc1OC. The number of hydrogen-bond acceptors (Lipinski definition) is 4. The van der Waals surface area contributed by atoms with Crippen LogP contribution in [0.15, 0.2) is 12.1 Å². The minimum Gasteiger partial charge on any atom is -0.493 e. The molecule has 1 heterocycles. The Hall–Kier alpha value is -1.55. The molecular formula is C15H20O4. The second-order valence-corrected chi connectivity index (χ2v) is 5.17. The molecule has 0 saturated carbocycles. The van der Waals surface area contributed by atoms with Gasteiger partial charge >= 0.3 is 0 Å². The van der Waals surface area contributed by atoms with E-state index in [2.05, 4.69) is 0 Å². The average molecular weight is 264 g/mol. The lowest BCUT2D eigenvalue weighted by Gasteiger charge is -2.42. The van der Waals surface area contributed by atoms with E-state index in [9.17, 15) is 4.79 Å². The van der Waals surface area contributed by atoms with Gasteiger partial charge in [0.05, 0.1) is 27.4 Å². The molecule has 2 rings (SSSR count). The monoisotopic (exact) mass is 264 g/mol. The van der Waals surface area contributed by atoms with Crippen LogP contribution in [0, 0.1) is 6.92 Å². The number of aryl methyl sites for hydroxylation is 1. The van der Waals surface area contributed by atoms with Crippen LogP contribution < -0.4 is 9.47 Å². The summed E-state index contributed by atoms with van der Waals surface area (Å²) in [4.78, 5) is 11.5. The van der Waals surface area contributed by atoms with E-state index < -0.39 is 0 Å². The minimum absolute atomic E-state index is 0.178. The van der Waals surface area contributed by atoms with E-state index in [4.69, 9.17) is 14.2 Å². The molecule has 0 aliphatic carbocycles. The molecule has 0 atom stereocenters. The zero-order chi connectivity index (χ0) is 14.0. The molecule has 0 N–H and O–H groups in total. The van der Waals surface area contributed by atoms with Gasteiger partial charge in [-0.3, -0.25) is 4.79 Å². The van der Waals surface area contributed by atoms with Crippen LogP contribution in [0.2, 0.25) is 0 Å². The maximum absolute atomic E-state index is 11.5. The van der Waals surface area contributed by atoms with Crippen molar-refractivity contribution in [1.82, 2.24) is 0 Å². The van der Waals surface area contributed by atoms with Gasteiger partial charge < -0.3 is 14.2 Å². The van der Waals surface area contributed by atoms with Crippen LogP contribution in [0.5, 0.6) is 11.5 Å². The van der Waals surface area contributed by atoms with Crippen molar-refractivity contribution in [1.29, 1.82) is 0 Å². The van der Waals surface area contributed by atoms with Crippen molar-refractivity contribution < 1.29 is 19.0 Å². The number of ether oxygens (including phenoxy) is 3. The quantitative estimate of drug-likeness (QED) is 0.818. The average Bonchev–Trinajstić information content (AvgIpc) is 2.33. The normalized spacial score (nSPS) is 16.6. The van der Waals surface area contributed by atoms with Crippen molar-refractivity contribution >= 4 is 5.78 Å². The van der Waals surface area contributed by atoms with E-state index >= 15 is 0 Å². The van der Waals surface area contributed by atoms with Crippen molar-refractivity contribution in [2.45, 2.75) is 25.7 Å². The van der Waals surface area contributed by atoms with E-state index in [-0.39, 0.29) is 11.2 Å². The number of carbonyl (C=O) groups excluding carboxylic acids is 1. The van der Waals surface area contributed by atoms with Gasteiger partial charge in [-0.1, -0.05) is 0 Å². The number of rotatable bonds is 5. The molecule has 4 nitrogen and oxygen atoms in total. The molecular weight excluding hydrogens is 244 g/mol. The van der Waals surface area contributed by atoms with Gasteiger partial charge in [0.2, 0.25) is 0 Å². The summed E-state index contributed by atoms with van der Waals surface area (Å²) in [6.45, 7) is 4.82. The summed E-state index contributed by atoms with van der Waals surface area (Å²) in [7, 11) is 3.24. The Balaban J connectivity index is 2.46. The zero-order valence-corrected chi connectivity index (χ0v) is 11.9. The van der Waals surface area contributed by atoms with Gasteiger partial charge in [-0.15, -0.1) is 0 Å². The van der Waals surface area contributed by atoms with Crippen molar-refractivity contribution in [3.8, 4) is 11.5 Å². The summed E-state index contributed by atoms with van der Waals surface area (Å²) in [5, 5.41) is 0. The fourth-order valence-electron chi connectivity index (χ4n) is 2.73. The third-order valence-electron chi connectivity index (χ3n) is 3.65. The zero-order valence-electron chi connectivity index (χ0n) is 11.9. The van der Waals surface area contributed by atoms with E-state index in [1.165, 1.54) is 0 Å². The molecule has 0 spiro atoms. The summed E-state index contributed by atoms with van der Waals surface area (Å²) >= 11 is 0. The lowest BCUT2D eigenvalue weighted by atomic mass is 9.73. The van der Waals surface area contributed by atoms with Crippen LogP contribution in [0.4, 0.5) is 0 Å². The van der Waals surface area contributed by atoms with E-state index in [0.29, 0.717) is 31.1 Å². The Morgan fingerprint density at radius 3 is 2.26 bits per heavy atom. The molecule has 19 heavy (non-hydrogen) atoms. The molecule has 1 saturated heterocycles. The predicted octanol–water partition coefficient (Wildman–Crippen LogP) is 2.26. The summed E-state index contributed by atoms with van der Waals surface area (Å²) in [5.41, 5.74) is 2.02. The number of methoxy groups -OCH3 is 2. The second kappa shape index (κ2) is 5.21. The van der Waals surface area contributed by atoms with Crippen molar-refractivity contribution in [3.63, 3.8) is 0 Å². The maximum Gasteiger partial charge on any atom is 0.161 e. The fourth-order valence-corrected chi connectivity index (χ4v) is 2.73. The van der Waals surface area contributed by atoms with Crippen LogP contribution in [-0.4, -0.2) is 33.2 Å². The van der Waals surface area contributed by atoms with Gasteiger partial charge in [0.1, 0.15) is 5.78 Å². The van der Waals surface area contributed by atoms with Gasteiger partial charge in [0, 0.05) is 11.8 Å². The number of carbonyl (C=O) groups is 1. The molecule has 0 bridgehead atoms. The number of ketones is 1. The lowest BCUT2D eigenvalue weighted by Crippen LogP contribution is -2.48. The number of hydrogen-bond donors (Lipinski definition) is 0. The first kappa shape index (κ1) is 13.9. The fraction of sp³-hybridized carbons (Fsp3) is 0.533. The van der Waals surface area contributed by atoms with Crippen molar-refractivity contribution in [3.05, 3.63) is 23.3 Å². The van der Waals surface area contributed by atoms with Crippen molar-refractivity contribution in [2.24, 2.45) is 0 Å². The molecule has 0 aromatic heterocycles. The van der Waals surface area contributed by atoms with Crippen LogP contribution in [-0.2, 0) is 14.9 Å². The minimum atomic E-state index is -0.199. The third kappa shape index (κ3) is 2.45. The lowest BCUT2D eigenvalue weighted by molar-refractivity contribution is -0.125. The molecule has 0 amide bonds. The van der Waals surface area contributed by atoms with Crippen LogP contribution in [0.25, 0.3) is 0 Å².